The van der Waals surface area contributed by atoms with Gasteiger partial charge >= 0.3 is 0 Å². The summed E-state index contributed by atoms with van der Waals surface area (Å²) in [5.74, 6) is 0.829. The quantitative estimate of drug-likeness (QED) is 0.596. The summed E-state index contributed by atoms with van der Waals surface area (Å²) in [5.41, 5.74) is 2.43. The second kappa shape index (κ2) is 8.65. The Labute approximate surface area is 186 Å². The summed E-state index contributed by atoms with van der Waals surface area (Å²) >= 11 is 0. The summed E-state index contributed by atoms with van der Waals surface area (Å²) in [5, 5.41) is 0. The van der Waals surface area contributed by atoms with E-state index in [4.69, 9.17) is 4.74 Å². The number of hydrogen-bond donors (Lipinski definition) is 0. The van der Waals surface area contributed by atoms with Crippen molar-refractivity contribution < 1.29 is 13.9 Å². The number of piperidine rings is 1. The van der Waals surface area contributed by atoms with Crippen molar-refractivity contribution in [1.29, 1.82) is 0 Å². The van der Waals surface area contributed by atoms with Crippen molar-refractivity contribution in [3.05, 3.63) is 71.9 Å². The first kappa shape index (κ1) is 20.5. The van der Waals surface area contributed by atoms with Gasteiger partial charge in [-0.15, -0.1) is 0 Å². The van der Waals surface area contributed by atoms with Gasteiger partial charge in [0.1, 0.15) is 5.82 Å². The topological polar surface area (TPSA) is 68.2 Å². The van der Waals surface area contributed by atoms with Crippen LogP contribution in [0.3, 0.4) is 0 Å². The highest BCUT2D eigenvalue weighted by Crippen LogP contribution is 2.41. The van der Waals surface area contributed by atoms with Crippen LogP contribution in [-0.4, -0.2) is 44.4 Å². The highest BCUT2D eigenvalue weighted by Gasteiger charge is 2.45. The Balaban J connectivity index is 1.39. The highest BCUT2D eigenvalue weighted by atomic mass is 19.1. The first-order valence-electron chi connectivity index (χ1n) is 11.0. The van der Waals surface area contributed by atoms with Crippen molar-refractivity contribution >= 4 is 5.91 Å². The molecule has 2 saturated heterocycles. The van der Waals surface area contributed by atoms with E-state index in [1.54, 1.807) is 18.5 Å². The van der Waals surface area contributed by atoms with E-state index in [0.717, 1.165) is 43.0 Å². The molecule has 0 aliphatic carbocycles. The van der Waals surface area contributed by atoms with E-state index < -0.39 is 0 Å². The molecule has 2 aliphatic heterocycles. The van der Waals surface area contributed by atoms with Crippen LogP contribution >= 0.6 is 0 Å². The molecule has 2 bridgehead atoms. The standard InChI is InChI=1S/C25H25FN4O2/c1-16-3-8-20(24-27-11-2-12-28-24)21(13-16)25(31)30-19-6-4-17(22(30)9-7-19)15-32-23-10-5-18(26)14-29-23/h2-3,5,8,10-14,17,19,22H,4,6-7,9,15H2,1H3/t17-,19-,22?/m1/s1. The van der Waals surface area contributed by atoms with Crippen molar-refractivity contribution in [3.63, 3.8) is 0 Å². The summed E-state index contributed by atoms with van der Waals surface area (Å²) in [6, 6.07) is 10.9. The number of fused-ring (bicyclic) bond motifs is 2. The third-order valence-corrected chi connectivity index (χ3v) is 6.55. The highest BCUT2D eigenvalue weighted by molar-refractivity contribution is 6.01. The van der Waals surface area contributed by atoms with Gasteiger partial charge in [-0.1, -0.05) is 17.7 Å². The molecule has 0 spiro atoms. The molecular formula is C25H25FN4O2. The van der Waals surface area contributed by atoms with Gasteiger partial charge in [-0.05, 0) is 50.8 Å². The fraction of sp³-hybridized carbons (Fsp3) is 0.360. The lowest BCUT2D eigenvalue weighted by Gasteiger charge is -2.40. The predicted molar refractivity (Wildman–Crippen MR) is 118 cm³/mol. The molecule has 5 rings (SSSR count). The molecule has 2 fully saturated rings. The van der Waals surface area contributed by atoms with Gasteiger partial charge in [0, 0.05) is 42.0 Å². The summed E-state index contributed by atoms with van der Waals surface area (Å²) in [6.45, 7) is 2.45. The number of halogens is 1. The Morgan fingerprint density at radius 1 is 1.09 bits per heavy atom. The molecule has 164 valence electrons. The monoisotopic (exact) mass is 432 g/mol. The van der Waals surface area contributed by atoms with Crippen molar-refractivity contribution in [1.82, 2.24) is 19.9 Å². The number of benzene rings is 1. The van der Waals surface area contributed by atoms with Crippen LogP contribution in [0.1, 0.15) is 41.6 Å². The molecule has 32 heavy (non-hydrogen) atoms. The Bertz CT molecular complexity index is 1110. The number of nitrogens with zero attached hydrogens (tertiary/aromatic N) is 4. The van der Waals surface area contributed by atoms with Gasteiger partial charge in [0.05, 0.1) is 18.4 Å². The Hall–Kier alpha value is -3.35. The maximum Gasteiger partial charge on any atom is 0.255 e. The molecule has 0 radical (unpaired) electrons. The van der Waals surface area contributed by atoms with Crippen molar-refractivity contribution in [2.75, 3.05) is 6.61 Å². The molecule has 3 atom stereocenters. The van der Waals surface area contributed by atoms with Crippen LogP contribution in [0, 0.1) is 18.7 Å². The summed E-state index contributed by atoms with van der Waals surface area (Å²) in [6.07, 6.45) is 8.46. The van der Waals surface area contributed by atoms with E-state index in [9.17, 15) is 9.18 Å². The Morgan fingerprint density at radius 2 is 1.91 bits per heavy atom. The Kier molecular flexibility index (Phi) is 5.55. The fourth-order valence-electron chi connectivity index (χ4n) is 5.02. The zero-order chi connectivity index (χ0) is 22.1. The molecule has 1 amide bonds. The van der Waals surface area contributed by atoms with Gasteiger partial charge < -0.3 is 9.64 Å². The lowest BCUT2D eigenvalue weighted by molar-refractivity contribution is 0.0403. The number of hydrogen-bond acceptors (Lipinski definition) is 5. The molecular weight excluding hydrogens is 407 g/mol. The van der Waals surface area contributed by atoms with E-state index in [1.165, 1.54) is 12.1 Å². The van der Waals surface area contributed by atoms with Crippen LogP contribution in [0.25, 0.3) is 11.4 Å². The smallest absolute Gasteiger partial charge is 0.255 e. The molecule has 2 aromatic heterocycles. The van der Waals surface area contributed by atoms with E-state index in [-0.39, 0.29) is 29.7 Å². The minimum atomic E-state index is -0.387. The normalized spacial score (nSPS) is 22.1. The van der Waals surface area contributed by atoms with Crippen LogP contribution < -0.4 is 4.74 Å². The number of carbonyl (C=O) groups excluding carboxylic acids is 1. The number of pyridine rings is 1. The van der Waals surface area contributed by atoms with Gasteiger partial charge in [-0.25, -0.2) is 19.3 Å². The van der Waals surface area contributed by atoms with Crippen molar-refractivity contribution in [2.24, 2.45) is 5.92 Å². The summed E-state index contributed by atoms with van der Waals surface area (Å²) in [7, 11) is 0. The van der Waals surface area contributed by atoms with E-state index in [1.807, 2.05) is 25.1 Å². The van der Waals surface area contributed by atoms with E-state index in [2.05, 4.69) is 19.9 Å². The maximum atomic E-state index is 13.8. The number of aromatic nitrogens is 3. The number of ether oxygens (including phenoxy) is 1. The number of carbonyl (C=O) groups is 1. The number of rotatable bonds is 5. The minimum Gasteiger partial charge on any atom is -0.477 e. The summed E-state index contributed by atoms with van der Waals surface area (Å²) in [4.78, 5) is 28.6. The molecule has 7 heteroatoms. The maximum absolute atomic E-state index is 13.8. The van der Waals surface area contributed by atoms with E-state index in [0.29, 0.717) is 23.9 Å². The molecule has 0 N–H and O–H groups in total. The average Bonchev–Trinajstić information content (AvgIpc) is 3.13. The van der Waals surface area contributed by atoms with Crippen molar-refractivity contribution in [2.45, 2.75) is 44.7 Å². The predicted octanol–water partition coefficient (Wildman–Crippen LogP) is 4.45. The molecule has 4 heterocycles. The molecule has 1 aromatic carbocycles. The zero-order valence-electron chi connectivity index (χ0n) is 17.9. The van der Waals surface area contributed by atoms with Crippen LogP contribution in [-0.2, 0) is 0 Å². The second-order valence-corrected chi connectivity index (χ2v) is 8.60. The SMILES string of the molecule is Cc1ccc(-c2ncccn2)c(C(=O)N2C3CC[C@H]2CC[C@@H]3COc2ccc(F)cn2)c1. The van der Waals surface area contributed by atoms with Gasteiger partial charge in [0.2, 0.25) is 5.88 Å². The zero-order valence-corrected chi connectivity index (χ0v) is 17.9. The van der Waals surface area contributed by atoms with Crippen LogP contribution in [0.2, 0.25) is 0 Å². The third-order valence-electron chi connectivity index (χ3n) is 6.55. The fourth-order valence-corrected chi connectivity index (χ4v) is 5.02. The van der Waals surface area contributed by atoms with Crippen LogP contribution in [0.4, 0.5) is 4.39 Å². The van der Waals surface area contributed by atoms with Crippen LogP contribution in [0.15, 0.2) is 55.0 Å². The molecule has 6 nitrogen and oxygen atoms in total. The number of amides is 1. The first-order valence-corrected chi connectivity index (χ1v) is 11.0. The molecule has 0 saturated carbocycles. The lowest BCUT2D eigenvalue weighted by atomic mass is 9.89. The van der Waals surface area contributed by atoms with Gasteiger partial charge in [-0.3, -0.25) is 4.79 Å². The van der Waals surface area contributed by atoms with Crippen molar-refractivity contribution in [3.8, 4) is 17.3 Å². The van der Waals surface area contributed by atoms with E-state index >= 15 is 0 Å². The summed E-state index contributed by atoms with van der Waals surface area (Å²) < 4.78 is 19.0. The molecule has 3 aromatic rings. The second-order valence-electron chi connectivity index (χ2n) is 8.60. The van der Waals surface area contributed by atoms with Gasteiger partial charge in [0.15, 0.2) is 5.82 Å². The third kappa shape index (κ3) is 3.95. The van der Waals surface area contributed by atoms with Crippen LogP contribution in [0.5, 0.6) is 5.88 Å². The van der Waals surface area contributed by atoms with Gasteiger partial charge in [0.25, 0.3) is 5.91 Å². The Morgan fingerprint density at radius 3 is 2.69 bits per heavy atom. The minimum absolute atomic E-state index is 0.0354. The largest absolute Gasteiger partial charge is 0.477 e. The number of aryl methyl sites for hydroxylation is 1. The lowest BCUT2D eigenvalue weighted by Crippen LogP contribution is -2.49. The molecule has 1 unspecified atom stereocenters. The first-order chi connectivity index (χ1) is 15.6. The van der Waals surface area contributed by atoms with Gasteiger partial charge in [-0.2, -0.15) is 0 Å². The average molecular weight is 432 g/mol. The molecule has 2 aliphatic rings.